The van der Waals surface area contributed by atoms with Crippen LogP contribution in [0.2, 0.25) is 0 Å². The second-order valence-electron chi connectivity index (χ2n) is 5.67. The highest BCUT2D eigenvalue weighted by atomic mass is 15.1. The minimum Gasteiger partial charge on any atom is -0.326 e. The molecule has 0 aromatic heterocycles. The standard InChI is InChI=1S/C16H28N2/c1-6-12(2)11-18(5)16(14(4)17)15-9-7-8-13(3)10-15/h7-10,12,14,16H,6,11,17H2,1-5H3. The number of aryl methyl sites for hydroxylation is 1. The number of hydrogen-bond donors (Lipinski definition) is 1. The van der Waals surface area contributed by atoms with E-state index in [1.54, 1.807) is 0 Å². The molecule has 2 N–H and O–H groups in total. The Morgan fingerprint density at radius 1 is 1.28 bits per heavy atom. The second kappa shape index (κ2) is 6.91. The molecule has 3 atom stereocenters. The van der Waals surface area contributed by atoms with Crippen LogP contribution in [0.3, 0.4) is 0 Å². The Kier molecular flexibility index (Phi) is 5.83. The molecule has 2 nitrogen and oxygen atoms in total. The molecule has 0 saturated heterocycles. The molecule has 18 heavy (non-hydrogen) atoms. The van der Waals surface area contributed by atoms with Gasteiger partial charge in [-0.25, -0.2) is 0 Å². The molecule has 0 aliphatic carbocycles. The third-order valence-electron chi connectivity index (χ3n) is 3.65. The summed E-state index contributed by atoms with van der Waals surface area (Å²) in [4.78, 5) is 2.40. The second-order valence-corrected chi connectivity index (χ2v) is 5.67. The molecule has 0 saturated carbocycles. The Morgan fingerprint density at radius 2 is 1.94 bits per heavy atom. The van der Waals surface area contributed by atoms with Crippen LogP contribution in [0.15, 0.2) is 24.3 Å². The summed E-state index contributed by atoms with van der Waals surface area (Å²) in [5, 5.41) is 0. The van der Waals surface area contributed by atoms with E-state index >= 15 is 0 Å². The van der Waals surface area contributed by atoms with E-state index in [0.29, 0.717) is 12.0 Å². The first-order chi connectivity index (χ1) is 8.45. The van der Waals surface area contributed by atoms with Crippen LogP contribution in [0.25, 0.3) is 0 Å². The molecular weight excluding hydrogens is 220 g/mol. The van der Waals surface area contributed by atoms with Gasteiger partial charge < -0.3 is 5.73 Å². The van der Waals surface area contributed by atoms with Crippen molar-refractivity contribution in [3.63, 3.8) is 0 Å². The fraction of sp³-hybridized carbons (Fsp3) is 0.625. The van der Waals surface area contributed by atoms with Crippen LogP contribution in [0.4, 0.5) is 0 Å². The highest BCUT2D eigenvalue weighted by Crippen LogP contribution is 2.24. The summed E-state index contributed by atoms with van der Waals surface area (Å²) < 4.78 is 0. The number of nitrogens with zero attached hydrogens (tertiary/aromatic N) is 1. The molecule has 1 aromatic rings. The van der Waals surface area contributed by atoms with Crippen molar-refractivity contribution in [2.75, 3.05) is 13.6 Å². The normalized spacial score (nSPS) is 16.6. The van der Waals surface area contributed by atoms with E-state index < -0.39 is 0 Å². The number of nitrogens with two attached hydrogens (primary N) is 1. The maximum Gasteiger partial charge on any atom is 0.0493 e. The van der Waals surface area contributed by atoms with Crippen molar-refractivity contribution in [1.82, 2.24) is 4.90 Å². The minimum absolute atomic E-state index is 0.140. The molecular formula is C16H28N2. The molecule has 1 rings (SSSR count). The van der Waals surface area contributed by atoms with Crippen LogP contribution >= 0.6 is 0 Å². The molecule has 0 bridgehead atoms. The van der Waals surface area contributed by atoms with E-state index in [9.17, 15) is 0 Å². The van der Waals surface area contributed by atoms with Gasteiger partial charge in [-0.05, 0) is 32.4 Å². The number of rotatable bonds is 6. The van der Waals surface area contributed by atoms with Gasteiger partial charge in [-0.3, -0.25) is 4.90 Å². The zero-order valence-electron chi connectivity index (χ0n) is 12.5. The molecule has 3 unspecified atom stereocenters. The molecule has 0 aliphatic rings. The Morgan fingerprint density at radius 3 is 2.44 bits per heavy atom. The van der Waals surface area contributed by atoms with Crippen molar-refractivity contribution >= 4 is 0 Å². The van der Waals surface area contributed by atoms with Gasteiger partial charge in [-0.15, -0.1) is 0 Å². The van der Waals surface area contributed by atoms with E-state index in [0.717, 1.165) is 6.54 Å². The fourth-order valence-electron chi connectivity index (χ4n) is 2.55. The van der Waals surface area contributed by atoms with Gasteiger partial charge in [0.25, 0.3) is 0 Å². The summed E-state index contributed by atoms with van der Waals surface area (Å²) in [5.74, 6) is 0.709. The van der Waals surface area contributed by atoms with E-state index in [2.05, 4.69) is 63.9 Å². The van der Waals surface area contributed by atoms with Gasteiger partial charge in [0.05, 0.1) is 0 Å². The molecule has 0 aliphatic heterocycles. The highest BCUT2D eigenvalue weighted by Gasteiger charge is 2.22. The summed E-state index contributed by atoms with van der Waals surface area (Å²) in [6.07, 6.45) is 1.21. The fourth-order valence-corrected chi connectivity index (χ4v) is 2.55. The average molecular weight is 248 g/mol. The average Bonchev–Trinajstić information content (AvgIpc) is 2.28. The van der Waals surface area contributed by atoms with Crippen molar-refractivity contribution < 1.29 is 0 Å². The van der Waals surface area contributed by atoms with Gasteiger partial charge in [-0.1, -0.05) is 50.1 Å². The summed E-state index contributed by atoms with van der Waals surface area (Å²) in [5.41, 5.74) is 8.83. The minimum atomic E-state index is 0.140. The number of likely N-dealkylation sites (N-methyl/N-ethyl adjacent to an activating group) is 1. The van der Waals surface area contributed by atoms with Crippen molar-refractivity contribution in [3.05, 3.63) is 35.4 Å². The highest BCUT2D eigenvalue weighted by molar-refractivity contribution is 5.26. The Labute approximate surface area is 112 Å². The largest absolute Gasteiger partial charge is 0.326 e. The molecule has 1 aromatic carbocycles. The summed E-state index contributed by atoms with van der Waals surface area (Å²) >= 11 is 0. The molecule has 0 spiro atoms. The molecule has 0 radical (unpaired) electrons. The first-order valence-corrected chi connectivity index (χ1v) is 6.98. The van der Waals surface area contributed by atoms with Gasteiger partial charge in [0.1, 0.15) is 0 Å². The predicted octanol–water partition coefficient (Wildman–Crippen LogP) is 3.36. The van der Waals surface area contributed by atoms with E-state index in [-0.39, 0.29) is 6.04 Å². The van der Waals surface area contributed by atoms with E-state index in [4.69, 9.17) is 5.73 Å². The Bertz CT molecular complexity index is 360. The van der Waals surface area contributed by atoms with Gasteiger partial charge in [-0.2, -0.15) is 0 Å². The zero-order chi connectivity index (χ0) is 13.7. The lowest BCUT2D eigenvalue weighted by molar-refractivity contribution is 0.190. The first-order valence-electron chi connectivity index (χ1n) is 6.98. The molecule has 0 heterocycles. The summed E-state index contributed by atoms with van der Waals surface area (Å²) in [6, 6.07) is 9.14. The predicted molar refractivity (Wildman–Crippen MR) is 79.7 cm³/mol. The molecule has 2 heteroatoms. The topological polar surface area (TPSA) is 29.3 Å². The van der Waals surface area contributed by atoms with Crippen molar-refractivity contribution in [3.8, 4) is 0 Å². The third kappa shape index (κ3) is 4.11. The number of benzene rings is 1. The lowest BCUT2D eigenvalue weighted by Crippen LogP contribution is -2.39. The van der Waals surface area contributed by atoms with Gasteiger partial charge in [0, 0.05) is 18.6 Å². The molecule has 0 fully saturated rings. The maximum atomic E-state index is 6.20. The van der Waals surface area contributed by atoms with Crippen LogP contribution in [0, 0.1) is 12.8 Å². The summed E-state index contributed by atoms with van der Waals surface area (Å²) in [6.45, 7) is 9.87. The Hall–Kier alpha value is -0.860. The quantitative estimate of drug-likeness (QED) is 0.836. The van der Waals surface area contributed by atoms with Crippen molar-refractivity contribution in [1.29, 1.82) is 0 Å². The van der Waals surface area contributed by atoms with Crippen LogP contribution in [-0.2, 0) is 0 Å². The third-order valence-corrected chi connectivity index (χ3v) is 3.65. The van der Waals surface area contributed by atoms with Crippen LogP contribution in [0.1, 0.15) is 44.4 Å². The van der Waals surface area contributed by atoms with Gasteiger partial charge in [0.2, 0.25) is 0 Å². The monoisotopic (exact) mass is 248 g/mol. The number of hydrogen-bond acceptors (Lipinski definition) is 2. The molecule has 102 valence electrons. The van der Waals surface area contributed by atoms with Crippen LogP contribution < -0.4 is 5.73 Å². The van der Waals surface area contributed by atoms with Gasteiger partial charge >= 0.3 is 0 Å². The SMILES string of the molecule is CCC(C)CN(C)C(c1cccc(C)c1)C(C)N. The molecule has 0 amide bonds. The van der Waals surface area contributed by atoms with Crippen molar-refractivity contribution in [2.24, 2.45) is 11.7 Å². The lowest BCUT2D eigenvalue weighted by atomic mass is 9.96. The Balaban J connectivity index is 2.89. The van der Waals surface area contributed by atoms with E-state index in [1.807, 2.05) is 0 Å². The maximum absolute atomic E-state index is 6.20. The zero-order valence-corrected chi connectivity index (χ0v) is 12.5. The smallest absolute Gasteiger partial charge is 0.0493 e. The first kappa shape index (κ1) is 15.2. The van der Waals surface area contributed by atoms with E-state index in [1.165, 1.54) is 17.5 Å². The lowest BCUT2D eigenvalue weighted by Gasteiger charge is -2.33. The summed E-state index contributed by atoms with van der Waals surface area (Å²) in [7, 11) is 2.18. The van der Waals surface area contributed by atoms with Crippen LogP contribution in [0.5, 0.6) is 0 Å². The van der Waals surface area contributed by atoms with Crippen LogP contribution in [-0.4, -0.2) is 24.5 Å². The van der Waals surface area contributed by atoms with Gasteiger partial charge in [0.15, 0.2) is 0 Å². The van der Waals surface area contributed by atoms with Crippen molar-refractivity contribution in [2.45, 2.75) is 46.2 Å².